The lowest BCUT2D eigenvalue weighted by Crippen LogP contribution is -2.21. The summed E-state index contributed by atoms with van der Waals surface area (Å²) >= 11 is 0. The molecular formula is C17H31N. The van der Waals surface area contributed by atoms with Crippen LogP contribution in [0.15, 0.2) is 36.0 Å². The average molecular weight is 249 g/mol. The maximum Gasteiger partial charge on any atom is 0.0165 e. The van der Waals surface area contributed by atoms with Crippen LogP contribution < -0.4 is 5.32 Å². The van der Waals surface area contributed by atoms with Gasteiger partial charge in [0.15, 0.2) is 0 Å². The average Bonchev–Trinajstić information content (AvgIpc) is 2.27. The van der Waals surface area contributed by atoms with Gasteiger partial charge in [0.25, 0.3) is 0 Å². The largest absolute Gasteiger partial charge is 0.313 e. The smallest absolute Gasteiger partial charge is 0.0165 e. The summed E-state index contributed by atoms with van der Waals surface area (Å²) in [7, 11) is 0. The molecule has 1 nitrogen and oxygen atoms in total. The van der Waals surface area contributed by atoms with Gasteiger partial charge in [-0.15, -0.1) is 0 Å². The Hall–Kier alpha value is -0.820. The van der Waals surface area contributed by atoms with Crippen molar-refractivity contribution in [1.29, 1.82) is 0 Å². The van der Waals surface area contributed by atoms with E-state index in [0.29, 0.717) is 11.8 Å². The molecule has 0 saturated heterocycles. The van der Waals surface area contributed by atoms with Gasteiger partial charge in [0.2, 0.25) is 0 Å². The van der Waals surface area contributed by atoms with E-state index in [0.717, 1.165) is 25.9 Å². The topological polar surface area (TPSA) is 12.0 Å². The van der Waals surface area contributed by atoms with E-state index in [1.165, 1.54) is 11.1 Å². The van der Waals surface area contributed by atoms with Crippen LogP contribution in [0, 0.1) is 11.8 Å². The lowest BCUT2D eigenvalue weighted by molar-refractivity contribution is 0.570. The molecule has 0 saturated carbocycles. The summed E-state index contributed by atoms with van der Waals surface area (Å²) in [5.41, 5.74) is 2.69. The molecule has 1 N–H and O–H groups in total. The van der Waals surface area contributed by atoms with Gasteiger partial charge in [-0.3, -0.25) is 0 Å². The quantitative estimate of drug-likeness (QED) is 0.460. The van der Waals surface area contributed by atoms with Gasteiger partial charge in [0.05, 0.1) is 0 Å². The van der Waals surface area contributed by atoms with E-state index >= 15 is 0 Å². The molecule has 0 aliphatic carbocycles. The second kappa shape index (κ2) is 10.1. The van der Waals surface area contributed by atoms with E-state index < -0.39 is 0 Å². The number of nitrogens with one attached hydrogen (secondary N) is 1. The fourth-order valence-electron chi connectivity index (χ4n) is 1.70. The minimum absolute atomic E-state index is 0.605. The monoisotopic (exact) mass is 249 g/mol. The first-order chi connectivity index (χ1) is 8.47. The van der Waals surface area contributed by atoms with Gasteiger partial charge >= 0.3 is 0 Å². The highest BCUT2D eigenvalue weighted by molar-refractivity contribution is 5.22. The van der Waals surface area contributed by atoms with Crippen molar-refractivity contribution in [1.82, 2.24) is 5.32 Å². The lowest BCUT2D eigenvalue weighted by atomic mass is 10.0. The molecule has 0 heterocycles. The highest BCUT2D eigenvalue weighted by Crippen LogP contribution is 2.13. The van der Waals surface area contributed by atoms with E-state index in [1.54, 1.807) is 0 Å². The van der Waals surface area contributed by atoms with Crippen LogP contribution >= 0.6 is 0 Å². The predicted octanol–water partition coefficient (Wildman–Crippen LogP) is 4.73. The third-order valence-corrected chi connectivity index (χ3v) is 2.75. The number of hydrogen-bond donors (Lipinski definition) is 1. The Balaban J connectivity index is 3.99. The van der Waals surface area contributed by atoms with Gasteiger partial charge in [0, 0.05) is 6.54 Å². The minimum Gasteiger partial charge on any atom is -0.313 e. The van der Waals surface area contributed by atoms with Crippen molar-refractivity contribution in [2.45, 2.75) is 47.5 Å². The zero-order chi connectivity index (χ0) is 14.0. The summed E-state index contributed by atoms with van der Waals surface area (Å²) in [5, 5.41) is 3.42. The summed E-state index contributed by atoms with van der Waals surface area (Å²) in [5.74, 6) is 1.31. The van der Waals surface area contributed by atoms with Crippen molar-refractivity contribution in [2.24, 2.45) is 11.8 Å². The predicted molar refractivity (Wildman–Crippen MR) is 83.8 cm³/mol. The molecular weight excluding hydrogens is 218 g/mol. The van der Waals surface area contributed by atoms with Crippen molar-refractivity contribution < 1.29 is 0 Å². The molecule has 0 aromatic rings. The van der Waals surface area contributed by atoms with Crippen LogP contribution in [-0.2, 0) is 0 Å². The number of rotatable bonds is 9. The summed E-state index contributed by atoms with van der Waals surface area (Å²) < 4.78 is 0. The normalized spacial score (nSPS) is 12.9. The number of hydrogen-bond acceptors (Lipinski definition) is 1. The first-order valence-electron chi connectivity index (χ1n) is 7.21. The van der Waals surface area contributed by atoms with Gasteiger partial charge in [-0.1, -0.05) is 65.0 Å². The highest BCUT2D eigenvalue weighted by atomic mass is 14.8. The Kier molecular flexibility index (Phi) is 9.67. The maximum atomic E-state index is 4.11. The van der Waals surface area contributed by atoms with Crippen molar-refractivity contribution in [3.8, 4) is 0 Å². The van der Waals surface area contributed by atoms with Crippen molar-refractivity contribution in [3.05, 3.63) is 36.0 Å². The third-order valence-electron chi connectivity index (χ3n) is 2.75. The van der Waals surface area contributed by atoms with Crippen molar-refractivity contribution in [3.63, 3.8) is 0 Å². The summed E-state index contributed by atoms with van der Waals surface area (Å²) in [6.45, 7) is 17.2. The summed E-state index contributed by atoms with van der Waals surface area (Å²) in [6, 6.07) is 0. The van der Waals surface area contributed by atoms with Crippen LogP contribution in [-0.4, -0.2) is 13.1 Å². The second-order valence-electron chi connectivity index (χ2n) is 5.65. The zero-order valence-corrected chi connectivity index (χ0v) is 12.9. The van der Waals surface area contributed by atoms with E-state index in [9.17, 15) is 0 Å². The molecule has 1 heteroatoms. The molecule has 0 aliphatic heterocycles. The van der Waals surface area contributed by atoms with Crippen LogP contribution in [0.1, 0.15) is 47.5 Å². The molecule has 0 rings (SSSR count). The standard InChI is InChI=1S/C17H31N/c1-7-9-17(15(4)5)11-8-10-16(6)13-18-12-14(2)3/h8-9,11,14-15,18H,6-7,10,12-13H2,1-5H3/b11-8-,17-9+. The molecule has 0 bridgehead atoms. The zero-order valence-electron chi connectivity index (χ0n) is 12.9. The van der Waals surface area contributed by atoms with E-state index in [4.69, 9.17) is 0 Å². The Morgan fingerprint density at radius 2 is 1.89 bits per heavy atom. The minimum atomic E-state index is 0.605. The van der Waals surface area contributed by atoms with Crippen LogP contribution in [0.4, 0.5) is 0 Å². The van der Waals surface area contributed by atoms with Crippen LogP contribution in [0.25, 0.3) is 0 Å². The van der Waals surface area contributed by atoms with Crippen LogP contribution in [0.3, 0.4) is 0 Å². The first-order valence-corrected chi connectivity index (χ1v) is 7.21. The molecule has 0 unspecified atom stereocenters. The Morgan fingerprint density at radius 3 is 2.39 bits per heavy atom. The van der Waals surface area contributed by atoms with E-state index in [-0.39, 0.29) is 0 Å². The lowest BCUT2D eigenvalue weighted by Gasteiger charge is -2.09. The summed E-state index contributed by atoms with van der Waals surface area (Å²) in [4.78, 5) is 0. The second-order valence-corrected chi connectivity index (χ2v) is 5.65. The summed E-state index contributed by atoms with van der Waals surface area (Å²) in [6.07, 6.45) is 8.87. The molecule has 0 aliphatic rings. The molecule has 0 aromatic carbocycles. The van der Waals surface area contributed by atoms with Gasteiger partial charge < -0.3 is 5.32 Å². The fourth-order valence-corrected chi connectivity index (χ4v) is 1.70. The molecule has 18 heavy (non-hydrogen) atoms. The maximum absolute atomic E-state index is 4.11. The van der Waals surface area contributed by atoms with E-state index in [1.807, 2.05) is 0 Å². The fraction of sp³-hybridized carbons (Fsp3) is 0.647. The Bertz CT molecular complexity index is 282. The van der Waals surface area contributed by atoms with Gasteiger partial charge in [-0.05, 0) is 36.8 Å². The first kappa shape index (κ1) is 17.2. The van der Waals surface area contributed by atoms with Crippen molar-refractivity contribution in [2.75, 3.05) is 13.1 Å². The SMILES string of the molecule is C=C(C/C=C\C(=C/CC)C(C)C)CNCC(C)C. The Labute approximate surface area is 114 Å². The van der Waals surface area contributed by atoms with Gasteiger partial charge in [-0.2, -0.15) is 0 Å². The molecule has 0 aromatic heterocycles. The highest BCUT2D eigenvalue weighted by Gasteiger charge is 1.98. The van der Waals surface area contributed by atoms with Crippen LogP contribution in [0.2, 0.25) is 0 Å². The van der Waals surface area contributed by atoms with E-state index in [2.05, 4.69) is 64.7 Å². The van der Waals surface area contributed by atoms with Crippen LogP contribution in [0.5, 0.6) is 0 Å². The van der Waals surface area contributed by atoms with Gasteiger partial charge in [-0.25, -0.2) is 0 Å². The molecule has 104 valence electrons. The van der Waals surface area contributed by atoms with Crippen molar-refractivity contribution >= 4 is 0 Å². The van der Waals surface area contributed by atoms with Gasteiger partial charge in [0.1, 0.15) is 0 Å². The molecule has 0 spiro atoms. The molecule has 0 fully saturated rings. The molecule has 0 radical (unpaired) electrons. The molecule has 0 atom stereocenters. The number of allylic oxidation sites excluding steroid dienone is 4. The molecule has 0 amide bonds. The third kappa shape index (κ3) is 9.23. The Morgan fingerprint density at radius 1 is 1.22 bits per heavy atom.